The molecule has 1 aromatic carbocycles. The highest BCUT2D eigenvalue weighted by Gasteiger charge is 2.24. The zero-order valence-electron chi connectivity index (χ0n) is 9.77. The molecule has 2 heterocycles. The first-order valence-electron chi connectivity index (χ1n) is 5.37. The van der Waals surface area contributed by atoms with Crippen LogP contribution in [0.25, 0.3) is 21.9 Å². The standard InChI is InChI=1S/C13H10O5/c1-5-3-7-9(13(15)16)11-8(4-6(2)17-11)10(14)12(7)18-5/h3-4,14H,1-2H3,(H,15,16). The van der Waals surface area contributed by atoms with Crippen molar-refractivity contribution in [2.24, 2.45) is 0 Å². The van der Waals surface area contributed by atoms with Crippen LogP contribution in [0, 0.1) is 13.8 Å². The van der Waals surface area contributed by atoms with E-state index >= 15 is 0 Å². The summed E-state index contributed by atoms with van der Waals surface area (Å²) in [6.07, 6.45) is 0. The summed E-state index contributed by atoms with van der Waals surface area (Å²) in [5, 5.41) is 20.1. The summed E-state index contributed by atoms with van der Waals surface area (Å²) in [5.74, 6) is -0.130. The van der Waals surface area contributed by atoms with Gasteiger partial charge in [-0.1, -0.05) is 0 Å². The zero-order valence-corrected chi connectivity index (χ0v) is 9.77. The maximum atomic E-state index is 11.4. The van der Waals surface area contributed by atoms with Crippen molar-refractivity contribution in [1.29, 1.82) is 0 Å². The molecule has 0 aliphatic heterocycles. The lowest BCUT2D eigenvalue weighted by molar-refractivity contribution is 0.0700. The van der Waals surface area contributed by atoms with Crippen molar-refractivity contribution in [3.05, 3.63) is 29.2 Å². The van der Waals surface area contributed by atoms with E-state index in [4.69, 9.17) is 8.83 Å². The van der Waals surface area contributed by atoms with Crippen LogP contribution < -0.4 is 0 Å². The maximum Gasteiger partial charge on any atom is 0.340 e. The molecule has 3 rings (SSSR count). The number of aromatic carboxylic acids is 1. The Balaban J connectivity index is 2.64. The molecule has 2 aromatic heterocycles. The molecule has 0 spiro atoms. The van der Waals surface area contributed by atoms with E-state index in [0.29, 0.717) is 22.3 Å². The smallest absolute Gasteiger partial charge is 0.340 e. The minimum absolute atomic E-state index is 0.0164. The molecule has 0 aliphatic carbocycles. The minimum atomic E-state index is -1.11. The Labute approximate surface area is 101 Å². The molecule has 2 N–H and O–H groups in total. The van der Waals surface area contributed by atoms with Gasteiger partial charge < -0.3 is 19.0 Å². The van der Waals surface area contributed by atoms with Gasteiger partial charge in [-0.2, -0.15) is 0 Å². The van der Waals surface area contributed by atoms with E-state index in [-0.39, 0.29) is 22.5 Å². The highest BCUT2D eigenvalue weighted by atomic mass is 16.4. The van der Waals surface area contributed by atoms with E-state index in [1.54, 1.807) is 26.0 Å². The Morgan fingerprint density at radius 1 is 1.06 bits per heavy atom. The van der Waals surface area contributed by atoms with Gasteiger partial charge in [0.2, 0.25) is 0 Å². The third-order valence-electron chi connectivity index (χ3n) is 2.89. The second-order valence-electron chi connectivity index (χ2n) is 4.23. The number of carbonyl (C=O) groups is 1. The summed E-state index contributed by atoms with van der Waals surface area (Å²) < 4.78 is 10.7. The molecule has 0 saturated heterocycles. The van der Waals surface area contributed by atoms with Gasteiger partial charge in [0.25, 0.3) is 0 Å². The quantitative estimate of drug-likeness (QED) is 0.688. The molecule has 0 radical (unpaired) electrons. The van der Waals surface area contributed by atoms with Gasteiger partial charge in [0.1, 0.15) is 17.1 Å². The number of phenols is 1. The molecule has 0 unspecified atom stereocenters. The van der Waals surface area contributed by atoms with E-state index in [0.717, 1.165) is 0 Å². The molecule has 0 bridgehead atoms. The lowest BCUT2D eigenvalue weighted by atomic mass is 10.1. The molecule has 0 fully saturated rings. The van der Waals surface area contributed by atoms with E-state index in [1.165, 1.54) is 0 Å². The van der Waals surface area contributed by atoms with Gasteiger partial charge in [0.15, 0.2) is 16.9 Å². The molecule has 5 heteroatoms. The fourth-order valence-electron chi connectivity index (χ4n) is 2.21. The van der Waals surface area contributed by atoms with Crippen molar-refractivity contribution in [3.8, 4) is 5.75 Å². The van der Waals surface area contributed by atoms with Crippen LogP contribution in [-0.2, 0) is 0 Å². The molecule has 0 amide bonds. The summed E-state index contributed by atoms with van der Waals surface area (Å²) >= 11 is 0. The average molecular weight is 246 g/mol. The van der Waals surface area contributed by atoms with Gasteiger partial charge >= 0.3 is 5.97 Å². The second kappa shape index (κ2) is 3.29. The number of benzene rings is 1. The van der Waals surface area contributed by atoms with Gasteiger partial charge in [0, 0.05) is 5.39 Å². The number of phenolic OH excluding ortho intramolecular Hbond substituents is 1. The van der Waals surface area contributed by atoms with E-state index in [1.807, 2.05) is 0 Å². The lowest BCUT2D eigenvalue weighted by Crippen LogP contribution is -1.97. The summed E-state index contributed by atoms with van der Waals surface area (Å²) in [6, 6.07) is 3.17. The normalized spacial score (nSPS) is 11.4. The van der Waals surface area contributed by atoms with Crippen molar-refractivity contribution >= 4 is 27.9 Å². The second-order valence-corrected chi connectivity index (χ2v) is 4.23. The van der Waals surface area contributed by atoms with Gasteiger partial charge in [-0.25, -0.2) is 4.79 Å². The molecular weight excluding hydrogens is 236 g/mol. The SMILES string of the molecule is Cc1cc2c(C(=O)O)c3oc(C)cc3c(O)c2o1. The number of hydrogen-bond acceptors (Lipinski definition) is 4. The Morgan fingerprint density at radius 2 is 1.61 bits per heavy atom. The van der Waals surface area contributed by atoms with Gasteiger partial charge in [-0.15, -0.1) is 0 Å². The molecule has 0 aliphatic rings. The topological polar surface area (TPSA) is 83.8 Å². The predicted octanol–water partition coefficient (Wildman–Crippen LogP) is 3.20. The van der Waals surface area contributed by atoms with E-state index in [9.17, 15) is 15.0 Å². The van der Waals surface area contributed by atoms with Crippen molar-refractivity contribution in [2.75, 3.05) is 0 Å². The number of carboxylic acid groups (broad SMARTS) is 1. The molecule has 0 atom stereocenters. The molecule has 18 heavy (non-hydrogen) atoms. The number of aromatic hydroxyl groups is 1. The number of furan rings is 2. The lowest BCUT2D eigenvalue weighted by Gasteiger charge is -2.01. The summed E-state index contributed by atoms with van der Waals surface area (Å²) in [4.78, 5) is 11.4. The van der Waals surface area contributed by atoms with Gasteiger partial charge in [-0.05, 0) is 26.0 Å². The first-order valence-corrected chi connectivity index (χ1v) is 5.37. The number of aryl methyl sites for hydroxylation is 2. The first kappa shape index (κ1) is 10.7. The van der Waals surface area contributed by atoms with Crippen molar-refractivity contribution in [1.82, 2.24) is 0 Å². The third-order valence-corrected chi connectivity index (χ3v) is 2.89. The molecule has 92 valence electrons. The number of fused-ring (bicyclic) bond motifs is 2. The highest BCUT2D eigenvalue weighted by molar-refractivity contribution is 6.16. The largest absolute Gasteiger partial charge is 0.504 e. The van der Waals surface area contributed by atoms with Crippen LogP contribution >= 0.6 is 0 Å². The minimum Gasteiger partial charge on any atom is -0.504 e. The number of carboxylic acids is 1. The Bertz CT molecular complexity index is 733. The van der Waals surface area contributed by atoms with Crippen LogP contribution in [0.15, 0.2) is 21.0 Å². The van der Waals surface area contributed by atoms with E-state index in [2.05, 4.69) is 0 Å². The molecule has 0 saturated carbocycles. The molecule has 5 nitrogen and oxygen atoms in total. The third kappa shape index (κ3) is 1.24. The van der Waals surface area contributed by atoms with E-state index < -0.39 is 5.97 Å². The van der Waals surface area contributed by atoms with Gasteiger partial charge in [0.05, 0.1) is 5.39 Å². The van der Waals surface area contributed by atoms with Crippen molar-refractivity contribution in [3.63, 3.8) is 0 Å². The summed E-state index contributed by atoms with van der Waals surface area (Å²) in [6.45, 7) is 3.39. The summed E-state index contributed by atoms with van der Waals surface area (Å²) in [7, 11) is 0. The number of hydrogen-bond donors (Lipinski definition) is 2. The molecule has 3 aromatic rings. The van der Waals surface area contributed by atoms with Gasteiger partial charge in [-0.3, -0.25) is 0 Å². The number of rotatable bonds is 1. The first-order chi connectivity index (χ1) is 8.49. The predicted molar refractivity (Wildman–Crippen MR) is 64.1 cm³/mol. The Hall–Kier alpha value is -2.43. The van der Waals surface area contributed by atoms with Crippen LogP contribution in [0.1, 0.15) is 21.9 Å². The van der Waals surface area contributed by atoms with Crippen molar-refractivity contribution in [2.45, 2.75) is 13.8 Å². The zero-order chi connectivity index (χ0) is 13.0. The van der Waals surface area contributed by atoms with Crippen LogP contribution in [0.2, 0.25) is 0 Å². The maximum absolute atomic E-state index is 11.4. The van der Waals surface area contributed by atoms with Crippen LogP contribution in [0.3, 0.4) is 0 Å². The fourth-order valence-corrected chi connectivity index (χ4v) is 2.21. The highest BCUT2D eigenvalue weighted by Crippen LogP contribution is 2.40. The Kier molecular flexibility index (Phi) is 1.96. The summed E-state index contributed by atoms with van der Waals surface area (Å²) in [5.41, 5.74) is 0.367. The average Bonchev–Trinajstić information content (AvgIpc) is 2.81. The van der Waals surface area contributed by atoms with Crippen LogP contribution in [0.4, 0.5) is 0 Å². The van der Waals surface area contributed by atoms with Crippen LogP contribution in [-0.4, -0.2) is 16.2 Å². The fraction of sp³-hybridized carbons (Fsp3) is 0.154. The monoisotopic (exact) mass is 246 g/mol. The molecular formula is C13H10O5. The van der Waals surface area contributed by atoms with Crippen molar-refractivity contribution < 1.29 is 23.8 Å². The van der Waals surface area contributed by atoms with Crippen LogP contribution in [0.5, 0.6) is 5.75 Å². The Morgan fingerprint density at radius 3 is 2.22 bits per heavy atom.